The fourth-order valence-corrected chi connectivity index (χ4v) is 5.71. The van der Waals surface area contributed by atoms with E-state index in [0.717, 1.165) is 52.0 Å². The summed E-state index contributed by atoms with van der Waals surface area (Å²) in [4.78, 5) is 15.5. The van der Waals surface area contributed by atoms with E-state index in [1.807, 2.05) is 68.1 Å². The molecular formula is C32H30ClN3O2. The number of ketones is 1. The molecule has 6 heteroatoms. The summed E-state index contributed by atoms with van der Waals surface area (Å²) >= 11 is 6.30. The third kappa shape index (κ3) is 4.57. The number of nitrogens with two attached hydrogens (primary N) is 1. The molecule has 0 spiro atoms. The molecule has 1 aliphatic carbocycles. The van der Waals surface area contributed by atoms with Crippen molar-refractivity contribution in [3.63, 3.8) is 0 Å². The first-order valence-corrected chi connectivity index (χ1v) is 13.2. The van der Waals surface area contributed by atoms with E-state index in [-0.39, 0.29) is 5.78 Å². The molecular weight excluding hydrogens is 494 g/mol. The van der Waals surface area contributed by atoms with Gasteiger partial charge in [0.1, 0.15) is 18.2 Å². The van der Waals surface area contributed by atoms with Crippen LogP contribution in [0, 0.1) is 32.1 Å². The van der Waals surface area contributed by atoms with Gasteiger partial charge in [0.25, 0.3) is 0 Å². The molecule has 0 fully saturated rings. The number of anilines is 1. The standard InChI is InChI=1S/C32H30ClN3O2/c1-19-11-13-23(14-12-19)36-27-8-6-9-28(37)31(27)30(25(17-34)32(36)35)24-16-20(2)15-22(21(24)3)18-38-29-10-5-4-7-26(29)33/h4-5,7,10-16,30H,6,8-9,18,35H2,1-3H3. The second kappa shape index (κ2) is 10.4. The minimum Gasteiger partial charge on any atom is -0.487 e. The third-order valence-electron chi connectivity index (χ3n) is 7.44. The number of allylic oxidation sites excluding steroid dienone is 3. The number of aryl methyl sites for hydroxylation is 2. The molecule has 5 rings (SSSR count). The predicted molar refractivity (Wildman–Crippen MR) is 151 cm³/mol. The van der Waals surface area contributed by atoms with Crippen LogP contribution in [-0.4, -0.2) is 5.78 Å². The average Bonchev–Trinajstić information content (AvgIpc) is 2.90. The Kier molecular flexibility index (Phi) is 7.01. The van der Waals surface area contributed by atoms with Crippen molar-refractivity contribution in [1.29, 1.82) is 5.26 Å². The topological polar surface area (TPSA) is 79.3 Å². The molecule has 192 valence electrons. The van der Waals surface area contributed by atoms with Gasteiger partial charge in [-0.1, -0.05) is 59.1 Å². The van der Waals surface area contributed by atoms with Gasteiger partial charge in [0.15, 0.2) is 5.78 Å². The van der Waals surface area contributed by atoms with Crippen LogP contribution in [0.15, 0.2) is 83.3 Å². The third-order valence-corrected chi connectivity index (χ3v) is 7.75. The Hall–Kier alpha value is -4.01. The number of hydrogen-bond acceptors (Lipinski definition) is 5. The first-order chi connectivity index (χ1) is 18.3. The van der Waals surface area contributed by atoms with E-state index in [4.69, 9.17) is 22.1 Å². The molecule has 0 saturated carbocycles. The van der Waals surface area contributed by atoms with Gasteiger partial charge in [-0.25, -0.2) is 0 Å². The van der Waals surface area contributed by atoms with Crippen LogP contribution in [-0.2, 0) is 11.4 Å². The van der Waals surface area contributed by atoms with Gasteiger partial charge in [0, 0.05) is 23.4 Å². The molecule has 0 bridgehead atoms. The van der Waals surface area contributed by atoms with Crippen molar-refractivity contribution >= 4 is 23.1 Å². The molecule has 1 aliphatic heterocycles. The lowest BCUT2D eigenvalue weighted by Crippen LogP contribution is -2.39. The Morgan fingerprint density at radius 3 is 2.50 bits per heavy atom. The monoisotopic (exact) mass is 523 g/mol. The van der Waals surface area contributed by atoms with E-state index in [9.17, 15) is 10.1 Å². The molecule has 3 aromatic rings. The highest BCUT2D eigenvalue weighted by atomic mass is 35.5. The smallest absolute Gasteiger partial charge is 0.161 e. The van der Waals surface area contributed by atoms with Crippen molar-refractivity contribution in [2.24, 2.45) is 5.73 Å². The Balaban J connectivity index is 1.64. The van der Waals surface area contributed by atoms with Crippen molar-refractivity contribution in [3.05, 3.63) is 116 Å². The van der Waals surface area contributed by atoms with Crippen LogP contribution in [0.25, 0.3) is 0 Å². The van der Waals surface area contributed by atoms with Crippen molar-refractivity contribution in [2.75, 3.05) is 4.90 Å². The maximum Gasteiger partial charge on any atom is 0.161 e. The average molecular weight is 524 g/mol. The number of carbonyl (C=O) groups excluding carboxylic acids is 1. The normalized spacial score (nSPS) is 17.4. The first kappa shape index (κ1) is 25.6. The SMILES string of the molecule is Cc1ccc(N2C(N)=C(C#N)C(c3cc(C)cc(COc4ccccc4Cl)c3C)C3=C2CCCC3=O)cc1. The van der Waals surface area contributed by atoms with Crippen molar-refractivity contribution in [2.45, 2.75) is 52.6 Å². The van der Waals surface area contributed by atoms with Crippen molar-refractivity contribution in [1.82, 2.24) is 0 Å². The molecule has 0 aromatic heterocycles. The number of ether oxygens (including phenoxy) is 1. The minimum absolute atomic E-state index is 0.0726. The van der Waals surface area contributed by atoms with E-state index >= 15 is 0 Å². The van der Waals surface area contributed by atoms with Crippen molar-refractivity contribution < 1.29 is 9.53 Å². The molecule has 0 saturated heterocycles. The largest absolute Gasteiger partial charge is 0.487 e. The molecule has 0 radical (unpaired) electrons. The molecule has 2 N–H and O–H groups in total. The predicted octanol–water partition coefficient (Wildman–Crippen LogP) is 7.15. The minimum atomic E-state index is -0.525. The summed E-state index contributed by atoms with van der Waals surface area (Å²) in [6, 6.07) is 21.9. The summed E-state index contributed by atoms with van der Waals surface area (Å²) in [5, 5.41) is 11.0. The van der Waals surface area contributed by atoms with Crippen LogP contribution in [0.4, 0.5) is 5.69 Å². The molecule has 3 aromatic carbocycles. The Morgan fingerprint density at radius 2 is 1.79 bits per heavy atom. The molecule has 1 heterocycles. The summed E-state index contributed by atoms with van der Waals surface area (Å²) in [7, 11) is 0. The number of rotatable bonds is 5. The highest BCUT2D eigenvalue weighted by Gasteiger charge is 2.41. The number of carbonyl (C=O) groups is 1. The highest BCUT2D eigenvalue weighted by molar-refractivity contribution is 6.32. The second-order valence-corrected chi connectivity index (χ2v) is 10.4. The number of hydrogen-bond donors (Lipinski definition) is 1. The number of para-hydroxylation sites is 1. The fraction of sp³-hybridized carbons (Fsp3) is 0.250. The molecule has 5 nitrogen and oxygen atoms in total. The van der Waals surface area contributed by atoms with Gasteiger partial charge in [-0.15, -0.1) is 0 Å². The van der Waals surface area contributed by atoms with Gasteiger partial charge in [-0.05, 0) is 74.6 Å². The Bertz CT molecular complexity index is 1530. The van der Waals surface area contributed by atoms with Gasteiger partial charge < -0.3 is 10.5 Å². The van der Waals surface area contributed by atoms with E-state index in [0.29, 0.717) is 40.8 Å². The highest BCUT2D eigenvalue weighted by Crippen LogP contribution is 2.47. The Labute approximate surface area is 228 Å². The zero-order chi connectivity index (χ0) is 27.0. The quantitative estimate of drug-likeness (QED) is 0.384. The van der Waals surface area contributed by atoms with E-state index in [1.165, 1.54) is 0 Å². The number of nitriles is 1. The van der Waals surface area contributed by atoms with Crippen LogP contribution >= 0.6 is 11.6 Å². The van der Waals surface area contributed by atoms with E-state index in [1.54, 1.807) is 6.07 Å². The van der Waals surface area contributed by atoms with Crippen molar-refractivity contribution in [3.8, 4) is 11.8 Å². The summed E-state index contributed by atoms with van der Waals surface area (Å²) in [6.45, 7) is 6.37. The maximum atomic E-state index is 13.5. The number of benzene rings is 3. The molecule has 0 amide bonds. The zero-order valence-corrected chi connectivity index (χ0v) is 22.6. The van der Waals surface area contributed by atoms with Crippen LogP contribution < -0.4 is 15.4 Å². The van der Waals surface area contributed by atoms with Gasteiger partial charge in [0.05, 0.1) is 22.6 Å². The molecule has 38 heavy (non-hydrogen) atoms. The second-order valence-electron chi connectivity index (χ2n) is 10.0. The van der Waals surface area contributed by atoms with Crippen LogP contribution in [0.3, 0.4) is 0 Å². The summed E-state index contributed by atoms with van der Waals surface area (Å²) in [5.41, 5.74) is 14.6. The number of Topliss-reactive ketones (excluding diaryl/α,β-unsaturated/α-hetero) is 1. The number of nitrogens with zero attached hydrogens (tertiary/aromatic N) is 2. The van der Waals surface area contributed by atoms with Crippen LogP contribution in [0.2, 0.25) is 5.02 Å². The fourth-order valence-electron chi connectivity index (χ4n) is 5.52. The molecule has 1 unspecified atom stereocenters. The lowest BCUT2D eigenvalue weighted by molar-refractivity contribution is -0.116. The number of halogens is 1. The lowest BCUT2D eigenvalue weighted by atomic mass is 9.73. The molecule has 1 atom stereocenters. The zero-order valence-electron chi connectivity index (χ0n) is 21.8. The summed E-state index contributed by atoms with van der Waals surface area (Å²) in [5.74, 6) is 0.536. The summed E-state index contributed by atoms with van der Waals surface area (Å²) in [6.07, 6.45) is 1.94. The first-order valence-electron chi connectivity index (χ1n) is 12.8. The summed E-state index contributed by atoms with van der Waals surface area (Å²) < 4.78 is 6.07. The van der Waals surface area contributed by atoms with Gasteiger partial charge in [0.2, 0.25) is 0 Å². The van der Waals surface area contributed by atoms with E-state index in [2.05, 4.69) is 18.2 Å². The lowest BCUT2D eigenvalue weighted by Gasteiger charge is -2.40. The van der Waals surface area contributed by atoms with Gasteiger partial charge in [-0.2, -0.15) is 5.26 Å². The van der Waals surface area contributed by atoms with Gasteiger partial charge >= 0.3 is 0 Å². The van der Waals surface area contributed by atoms with E-state index < -0.39 is 5.92 Å². The molecule has 2 aliphatic rings. The Morgan fingerprint density at radius 1 is 1.05 bits per heavy atom. The maximum absolute atomic E-state index is 13.5. The van der Waals surface area contributed by atoms with Crippen LogP contribution in [0.5, 0.6) is 5.75 Å². The van der Waals surface area contributed by atoms with Crippen LogP contribution in [0.1, 0.15) is 53.0 Å². The van der Waals surface area contributed by atoms with Gasteiger partial charge in [-0.3, -0.25) is 9.69 Å².